The number of nitrogens with zero attached hydrogens (tertiary/aromatic N) is 2. The number of hydrogen-bond acceptors (Lipinski definition) is 3. The Kier molecular flexibility index (Phi) is 6.93. The zero-order valence-corrected chi connectivity index (χ0v) is 12.3. The van der Waals surface area contributed by atoms with Crippen LogP contribution in [0.5, 0.6) is 0 Å². The number of pyridine rings is 1. The van der Waals surface area contributed by atoms with Crippen molar-refractivity contribution in [1.29, 1.82) is 0 Å². The zero-order valence-electron chi connectivity index (χ0n) is 12.3. The number of rotatable bonds is 8. The average molecular weight is 263 g/mol. The number of hydrogen-bond donors (Lipinski definition) is 1. The van der Waals surface area contributed by atoms with Gasteiger partial charge in [0.2, 0.25) is 0 Å². The first-order valence-electron chi connectivity index (χ1n) is 7.21. The van der Waals surface area contributed by atoms with Crippen molar-refractivity contribution in [2.75, 3.05) is 25.0 Å². The first-order valence-corrected chi connectivity index (χ1v) is 7.21. The van der Waals surface area contributed by atoms with Crippen molar-refractivity contribution in [1.82, 2.24) is 9.88 Å². The van der Waals surface area contributed by atoms with E-state index in [0.29, 0.717) is 0 Å². The topological polar surface area (TPSA) is 45.2 Å². The second-order valence-electron chi connectivity index (χ2n) is 4.64. The lowest BCUT2D eigenvalue weighted by Crippen LogP contribution is -2.33. The van der Waals surface area contributed by atoms with Gasteiger partial charge in [0.05, 0.1) is 17.4 Å². The van der Waals surface area contributed by atoms with Crippen molar-refractivity contribution in [2.24, 2.45) is 0 Å². The Hall–Kier alpha value is -1.58. The van der Waals surface area contributed by atoms with E-state index in [4.69, 9.17) is 0 Å². The second kappa shape index (κ2) is 8.51. The molecule has 0 aliphatic heterocycles. The van der Waals surface area contributed by atoms with Crippen molar-refractivity contribution >= 4 is 11.6 Å². The van der Waals surface area contributed by atoms with Crippen molar-refractivity contribution in [2.45, 2.75) is 40.0 Å². The van der Waals surface area contributed by atoms with Gasteiger partial charge in [-0.2, -0.15) is 0 Å². The minimum absolute atomic E-state index is 0.102. The minimum Gasteiger partial charge on any atom is -0.383 e. The molecule has 0 bridgehead atoms. The molecule has 0 spiro atoms. The predicted molar refractivity (Wildman–Crippen MR) is 79.5 cm³/mol. The second-order valence-corrected chi connectivity index (χ2v) is 4.64. The molecular formula is C15H25N3O. The fourth-order valence-corrected chi connectivity index (χ4v) is 2.01. The van der Waals surface area contributed by atoms with Gasteiger partial charge in [-0.05, 0) is 25.3 Å². The summed E-state index contributed by atoms with van der Waals surface area (Å²) in [5.41, 5.74) is 1.57. The summed E-state index contributed by atoms with van der Waals surface area (Å²) in [5, 5.41) is 3.27. The molecule has 0 fully saturated rings. The molecule has 0 aromatic carbocycles. The van der Waals surface area contributed by atoms with Crippen molar-refractivity contribution < 1.29 is 4.79 Å². The minimum atomic E-state index is 0.102. The normalized spacial score (nSPS) is 10.3. The van der Waals surface area contributed by atoms with E-state index >= 15 is 0 Å². The lowest BCUT2D eigenvalue weighted by molar-refractivity contribution is 0.0756. The summed E-state index contributed by atoms with van der Waals surface area (Å²) in [4.78, 5) is 18.6. The first kappa shape index (κ1) is 15.5. The number of aromatic nitrogens is 1. The van der Waals surface area contributed by atoms with Gasteiger partial charge in [0.25, 0.3) is 5.91 Å². The fourth-order valence-electron chi connectivity index (χ4n) is 2.01. The van der Waals surface area contributed by atoms with Gasteiger partial charge < -0.3 is 10.2 Å². The van der Waals surface area contributed by atoms with Crippen LogP contribution < -0.4 is 5.32 Å². The summed E-state index contributed by atoms with van der Waals surface area (Å²) < 4.78 is 0. The highest BCUT2D eigenvalue weighted by molar-refractivity contribution is 5.99. The highest BCUT2D eigenvalue weighted by Gasteiger charge is 2.17. The largest absolute Gasteiger partial charge is 0.383 e. The van der Waals surface area contributed by atoms with E-state index in [0.717, 1.165) is 50.1 Å². The van der Waals surface area contributed by atoms with Crippen LogP contribution in [-0.4, -0.2) is 35.4 Å². The van der Waals surface area contributed by atoms with Crippen LogP contribution in [0.4, 0.5) is 5.69 Å². The Balaban J connectivity index is 2.89. The van der Waals surface area contributed by atoms with E-state index in [-0.39, 0.29) is 5.91 Å². The number of nitrogens with one attached hydrogen (secondary N) is 1. The monoisotopic (exact) mass is 263 g/mol. The van der Waals surface area contributed by atoms with E-state index in [1.807, 2.05) is 4.90 Å². The van der Waals surface area contributed by atoms with Crippen LogP contribution in [0.15, 0.2) is 18.5 Å². The zero-order chi connectivity index (χ0) is 14.1. The molecule has 0 saturated carbocycles. The van der Waals surface area contributed by atoms with Gasteiger partial charge in [0.1, 0.15) is 0 Å². The highest BCUT2D eigenvalue weighted by Crippen LogP contribution is 2.16. The Morgan fingerprint density at radius 2 is 1.89 bits per heavy atom. The summed E-state index contributed by atoms with van der Waals surface area (Å²) >= 11 is 0. The van der Waals surface area contributed by atoms with Crippen LogP contribution in [0.25, 0.3) is 0 Å². The molecular weight excluding hydrogens is 238 g/mol. The maximum atomic E-state index is 12.6. The van der Waals surface area contributed by atoms with Gasteiger partial charge in [0, 0.05) is 25.8 Å². The molecule has 1 rings (SSSR count). The molecule has 1 N–H and O–H groups in total. The van der Waals surface area contributed by atoms with E-state index < -0.39 is 0 Å². The molecule has 4 heteroatoms. The first-order chi connectivity index (χ1) is 9.24. The van der Waals surface area contributed by atoms with E-state index in [9.17, 15) is 4.79 Å². The van der Waals surface area contributed by atoms with Crippen LogP contribution in [0, 0.1) is 0 Å². The van der Waals surface area contributed by atoms with Crippen LogP contribution >= 0.6 is 0 Å². The Morgan fingerprint density at radius 1 is 1.21 bits per heavy atom. The van der Waals surface area contributed by atoms with Gasteiger partial charge in [-0.3, -0.25) is 9.78 Å². The summed E-state index contributed by atoms with van der Waals surface area (Å²) in [5.74, 6) is 0.102. The molecule has 1 heterocycles. The van der Waals surface area contributed by atoms with E-state index in [1.165, 1.54) is 0 Å². The van der Waals surface area contributed by atoms with E-state index in [1.54, 1.807) is 18.5 Å². The van der Waals surface area contributed by atoms with Crippen molar-refractivity contribution in [3.8, 4) is 0 Å². The van der Waals surface area contributed by atoms with Crippen LogP contribution in [0.3, 0.4) is 0 Å². The van der Waals surface area contributed by atoms with Gasteiger partial charge in [-0.1, -0.05) is 20.8 Å². The molecule has 1 aromatic rings. The molecule has 0 unspecified atom stereocenters. The van der Waals surface area contributed by atoms with Gasteiger partial charge in [-0.15, -0.1) is 0 Å². The summed E-state index contributed by atoms with van der Waals surface area (Å²) in [6, 6.07) is 1.80. The Morgan fingerprint density at radius 3 is 2.47 bits per heavy atom. The summed E-state index contributed by atoms with van der Waals surface area (Å²) in [7, 11) is 0. The third kappa shape index (κ3) is 4.54. The van der Waals surface area contributed by atoms with Gasteiger partial charge in [-0.25, -0.2) is 0 Å². The molecule has 106 valence electrons. The summed E-state index contributed by atoms with van der Waals surface area (Å²) in [6.07, 6.45) is 6.40. The maximum absolute atomic E-state index is 12.6. The summed E-state index contributed by atoms with van der Waals surface area (Å²) in [6.45, 7) is 8.76. The van der Waals surface area contributed by atoms with Crippen molar-refractivity contribution in [3.63, 3.8) is 0 Å². The van der Waals surface area contributed by atoms with Crippen LogP contribution in [0.2, 0.25) is 0 Å². The molecule has 4 nitrogen and oxygen atoms in total. The standard InChI is InChI=1S/C15H25N3O/c1-4-8-17-14-12-16-9-7-13(14)15(19)18(10-5-2)11-6-3/h7,9,12,17H,4-6,8,10-11H2,1-3H3. The van der Waals surface area contributed by atoms with E-state index in [2.05, 4.69) is 31.1 Å². The predicted octanol–water partition coefficient (Wildman–Crippen LogP) is 3.17. The fraction of sp³-hybridized carbons (Fsp3) is 0.600. The lowest BCUT2D eigenvalue weighted by Gasteiger charge is -2.22. The number of anilines is 1. The molecule has 0 saturated heterocycles. The highest BCUT2D eigenvalue weighted by atomic mass is 16.2. The van der Waals surface area contributed by atoms with Crippen LogP contribution in [-0.2, 0) is 0 Å². The third-order valence-electron chi connectivity index (χ3n) is 2.89. The quantitative estimate of drug-likeness (QED) is 0.783. The molecule has 1 aromatic heterocycles. The van der Waals surface area contributed by atoms with Crippen molar-refractivity contribution in [3.05, 3.63) is 24.0 Å². The molecule has 1 amide bonds. The molecule has 0 aliphatic carbocycles. The smallest absolute Gasteiger partial charge is 0.256 e. The number of carbonyl (C=O) groups is 1. The van der Waals surface area contributed by atoms with Gasteiger partial charge >= 0.3 is 0 Å². The molecule has 0 radical (unpaired) electrons. The third-order valence-corrected chi connectivity index (χ3v) is 2.89. The molecule has 0 aliphatic rings. The van der Waals surface area contributed by atoms with Gasteiger partial charge in [0.15, 0.2) is 0 Å². The van der Waals surface area contributed by atoms with Crippen LogP contribution in [0.1, 0.15) is 50.4 Å². The number of carbonyl (C=O) groups excluding carboxylic acids is 1. The average Bonchev–Trinajstić information content (AvgIpc) is 2.44. The maximum Gasteiger partial charge on any atom is 0.256 e. The molecule has 19 heavy (non-hydrogen) atoms. The Bertz CT molecular complexity index is 387. The SMILES string of the molecule is CCCNc1cnccc1C(=O)N(CCC)CCC. The molecule has 0 atom stereocenters. The lowest BCUT2D eigenvalue weighted by atomic mass is 10.2. The number of amides is 1. The Labute approximate surface area is 116 Å².